The number of carbonyl (C=O) groups excluding carboxylic acids is 2. The molecule has 0 fully saturated rings. The average molecular weight is 849 g/mol. The molecule has 0 unspecified atom stereocenters. The van der Waals surface area contributed by atoms with Gasteiger partial charge in [0.05, 0.1) is 20.3 Å². The molecule has 0 aliphatic rings. The van der Waals surface area contributed by atoms with Gasteiger partial charge in [0.15, 0.2) is 0 Å². The number of nitrogens with zero attached hydrogens (tertiary/aromatic N) is 2. The van der Waals surface area contributed by atoms with Crippen molar-refractivity contribution in [1.82, 2.24) is 0 Å². The maximum absolute atomic E-state index is 12.3. The fourth-order valence-electron chi connectivity index (χ4n) is 7.07. The van der Waals surface area contributed by atoms with Crippen LogP contribution < -0.4 is 19.3 Å². The van der Waals surface area contributed by atoms with E-state index < -0.39 is 6.16 Å². The Balaban J connectivity index is 0.937. The smallest absolute Gasteiger partial charge is 0.497 e. The molecule has 0 amide bonds. The maximum atomic E-state index is 12.3. The van der Waals surface area contributed by atoms with Crippen LogP contribution in [0, 0.1) is 0 Å². The van der Waals surface area contributed by atoms with E-state index in [2.05, 4.69) is 155 Å². The molecule has 8 heteroatoms. The Morgan fingerprint density at radius 1 is 0.406 bits per heavy atom. The van der Waals surface area contributed by atoms with Crippen molar-refractivity contribution in [3.63, 3.8) is 0 Å². The zero-order valence-electron chi connectivity index (χ0n) is 36.2. The number of methoxy groups -OCH3 is 1. The molecule has 8 nitrogen and oxygen atoms in total. The van der Waals surface area contributed by atoms with Gasteiger partial charge in [-0.05, 0) is 145 Å². The molecule has 64 heavy (non-hydrogen) atoms. The van der Waals surface area contributed by atoms with E-state index in [0.29, 0.717) is 18.8 Å². The van der Waals surface area contributed by atoms with E-state index in [4.69, 9.17) is 18.9 Å². The monoisotopic (exact) mass is 848 g/mol. The van der Waals surface area contributed by atoms with Gasteiger partial charge in [-0.2, -0.15) is 0 Å². The number of benzene rings is 7. The van der Waals surface area contributed by atoms with E-state index in [1.165, 1.54) is 6.92 Å². The highest BCUT2D eigenvalue weighted by Gasteiger charge is 2.15. The Bertz CT molecular complexity index is 2570. The Labute approximate surface area is 376 Å². The molecule has 0 radical (unpaired) electrons. The van der Waals surface area contributed by atoms with Crippen LogP contribution in [0.5, 0.6) is 11.5 Å². The highest BCUT2D eigenvalue weighted by molar-refractivity contribution is 5.80. The van der Waals surface area contributed by atoms with Gasteiger partial charge < -0.3 is 28.7 Å². The Kier molecular flexibility index (Phi) is 15.8. The molecule has 7 aromatic carbocycles. The van der Waals surface area contributed by atoms with Gasteiger partial charge in [0, 0.05) is 41.0 Å². The molecule has 0 N–H and O–H groups in total. The van der Waals surface area contributed by atoms with Crippen LogP contribution in [0.25, 0.3) is 24.3 Å². The number of carbonyl (C=O) groups is 2. The van der Waals surface area contributed by atoms with Crippen molar-refractivity contribution in [1.29, 1.82) is 0 Å². The van der Waals surface area contributed by atoms with Crippen molar-refractivity contribution in [2.24, 2.45) is 0 Å². The van der Waals surface area contributed by atoms with E-state index in [9.17, 15) is 9.59 Å². The van der Waals surface area contributed by atoms with Gasteiger partial charge in [-0.15, -0.1) is 0 Å². The first-order valence-corrected chi connectivity index (χ1v) is 21.5. The topological polar surface area (TPSA) is 77.5 Å². The number of esters is 1. The molecule has 0 heterocycles. The van der Waals surface area contributed by atoms with E-state index in [0.717, 1.165) is 81.4 Å². The minimum atomic E-state index is -0.736. The lowest BCUT2D eigenvalue weighted by Gasteiger charge is -2.25. The minimum Gasteiger partial charge on any atom is -0.497 e. The third-order valence-electron chi connectivity index (χ3n) is 10.4. The van der Waals surface area contributed by atoms with Crippen molar-refractivity contribution in [3.05, 3.63) is 204 Å². The van der Waals surface area contributed by atoms with Gasteiger partial charge in [0.25, 0.3) is 0 Å². The number of para-hydroxylation sites is 2. The summed E-state index contributed by atoms with van der Waals surface area (Å²) in [6.07, 6.45) is 11.0. The standard InChI is InChI=1S/C56H52N2O6/c1-43(59)62-41-11-3-4-12-42-63-56(60)64-55-39-35-53(36-40-55)58(49-15-9-6-10-16-49)51-31-27-47(28-32-51)24-22-45-19-17-44(18-20-45)21-23-46-25-29-50(30-26-46)57(48-13-7-5-8-14-48)52-33-37-54(61-2)38-34-52/h5-10,13-40H,3-4,11-12,41-42H2,1-2H3/b23-21+,24-22+. The predicted octanol–water partition coefficient (Wildman–Crippen LogP) is 14.6. The van der Waals surface area contributed by atoms with E-state index in [1.807, 2.05) is 48.5 Å². The van der Waals surface area contributed by atoms with E-state index in [1.54, 1.807) is 19.2 Å². The van der Waals surface area contributed by atoms with Crippen molar-refractivity contribution >= 4 is 70.6 Å². The van der Waals surface area contributed by atoms with Crippen molar-refractivity contribution < 1.29 is 28.5 Å². The van der Waals surface area contributed by atoms with Gasteiger partial charge in [0.1, 0.15) is 11.5 Å². The third kappa shape index (κ3) is 12.8. The molecular formula is C56H52N2O6. The van der Waals surface area contributed by atoms with Gasteiger partial charge in [-0.3, -0.25) is 4.79 Å². The summed E-state index contributed by atoms with van der Waals surface area (Å²) >= 11 is 0. The second-order valence-corrected chi connectivity index (χ2v) is 15.0. The van der Waals surface area contributed by atoms with Crippen LogP contribution in [-0.2, 0) is 14.3 Å². The van der Waals surface area contributed by atoms with Gasteiger partial charge >= 0.3 is 12.1 Å². The molecule has 0 aliphatic heterocycles. The van der Waals surface area contributed by atoms with Crippen LogP contribution in [0.4, 0.5) is 38.9 Å². The number of hydrogen-bond donors (Lipinski definition) is 0. The van der Waals surface area contributed by atoms with Gasteiger partial charge in [0.2, 0.25) is 0 Å². The summed E-state index contributed by atoms with van der Waals surface area (Å²) in [4.78, 5) is 27.6. The fourth-order valence-corrected chi connectivity index (χ4v) is 7.07. The first kappa shape index (κ1) is 44.2. The third-order valence-corrected chi connectivity index (χ3v) is 10.4. The van der Waals surface area contributed by atoms with Crippen LogP contribution in [0.15, 0.2) is 182 Å². The highest BCUT2D eigenvalue weighted by Crippen LogP contribution is 2.37. The van der Waals surface area contributed by atoms with E-state index >= 15 is 0 Å². The van der Waals surface area contributed by atoms with Crippen molar-refractivity contribution in [2.45, 2.75) is 32.6 Å². The average Bonchev–Trinajstić information content (AvgIpc) is 3.34. The van der Waals surface area contributed by atoms with Crippen molar-refractivity contribution in [2.75, 3.05) is 30.1 Å². The molecule has 0 aliphatic carbocycles. The molecule has 7 aromatic rings. The predicted molar refractivity (Wildman–Crippen MR) is 260 cm³/mol. The molecule has 0 atom stereocenters. The largest absolute Gasteiger partial charge is 0.513 e. The van der Waals surface area contributed by atoms with Crippen LogP contribution in [0.2, 0.25) is 0 Å². The lowest BCUT2D eigenvalue weighted by Crippen LogP contribution is -2.12. The minimum absolute atomic E-state index is 0.265. The lowest BCUT2D eigenvalue weighted by molar-refractivity contribution is -0.141. The van der Waals surface area contributed by atoms with Gasteiger partial charge in [-0.1, -0.05) is 109 Å². The highest BCUT2D eigenvalue weighted by atomic mass is 16.7. The molecule has 7 rings (SSSR count). The zero-order valence-corrected chi connectivity index (χ0v) is 36.2. The molecular weight excluding hydrogens is 797 g/mol. The van der Waals surface area contributed by atoms with Crippen LogP contribution >= 0.6 is 0 Å². The first-order chi connectivity index (χ1) is 31.4. The van der Waals surface area contributed by atoms with Crippen LogP contribution in [0.1, 0.15) is 54.9 Å². The summed E-state index contributed by atoms with van der Waals surface area (Å²) in [5.74, 6) is 0.952. The molecule has 322 valence electrons. The number of anilines is 6. The van der Waals surface area contributed by atoms with Crippen LogP contribution in [-0.4, -0.2) is 32.4 Å². The van der Waals surface area contributed by atoms with Crippen molar-refractivity contribution in [3.8, 4) is 11.5 Å². The summed E-state index contributed by atoms with van der Waals surface area (Å²) < 4.78 is 21.0. The summed E-state index contributed by atoms with van der Waals surface area (Å²) in [6, 6.07) is 61.5. The molecule has 0 saturated heterocycles. The number of unbranched alkanes of at least 4 members (excludes halogenated alkanes) is 3. The number of ether oxygens (including phenoxy) is 4. The van der Waals surface area contributed by atoms with Crippen LogP contribution in [0.3, 0.4) is 0 Å². The SMILES string of the molecule is COc1ccc(N(c2ccccc2)c2ccc(/C=C/c3ccc(/C=C/c4ccc(N(c5ccccc5)c5ccc(OC(=O)OCCCCCCOC(C)=O)cc5)cc4)cc3)cc2)cc1. The molecule has 0 bridgehead atoms. The van der Waals surface area contributed by atoms with E-state index in [-0.39, 0.29) is 12.6 Å². The lowest BCUT2D eigenvalue weighted by atomic mass is 10.1. The Morgan fingerprint density at radius 2 is 0.734 bits per heavy atom. The summed E-state index contributed by atoms with van der Waals surface area (Å²) in [5.41, 5.74) is 10.5. The molecule has 0 saturated carbocycles. The summed E-state index contributed by atoms with van der Waals surface area (Å²) in [7, 11) is 1.68. The number of rotatable bonds is 19. The molecule has 0 aromatic heterocycles. The second kappa shape index (κ2) is 22.8. The zero-order chi connectivity index (χ0) is 44.4. The Morgan fingerprint density at radius 3 is 1.11 bits per heavy atom. The first-order valence-electron chi connectivity index (χ1n) is 21.5. The maximum Gasteiger partial charge on any atom is 0.513 e. The quantitative estimate of drug-likeness (QED) is 0.0345. The summed E-state index contributed by atoms with van der Waals surface area (Å²) in [6.45, 7) is 2.08. The normalized spacial score (nSPS) is 11.0. The van der Waals surface area contributed by atoms with Gasteiger partial charge in [-0.25, -0.2) is 4.79 Å². The summed E-state index contributed by atoms with van der Waals surface area (Å²) in [5, 5.41) is 0. The number of hydrogen-bond acceptors (Lipinski definition) is 8. The molecule has 0 spiro atoms. The fraction of sp³-hybridized carbons (Fsp3) is 0.143. The second-order valence-electron chi connectivity index (χ2n) is 15.0. The Hall–Kier alpha value is -7.84.